The highest BCUT2D eigenvalue weighted by molar-refractivity contribution is 9.10. The van der Waals surface area contributed by atoms with Crippen molar-refractivity contribution in [3.8, 4) is 0 Å². The maximum atomic E-state index is 13.8. The topological polar surface area (TPSA) is 37.3 Å². The Hall–Kier alpha value is -1.69. The van der Waals surface area contributed by atoms with Gasteiger partial charge in [-0.1, -0.05) is 0 Å². The van der Waals surface area contributed by atoms with Crippen LogP contribution in [0.15, 0.2) is 33.7 Å². The van der Waals surface area contributed by atoms with Crippen LogP contribution in [0.5, 0.6) is 0 Å². The lowest BCUT2D eigenvalue weighted by Crippen LogP contribution is -2.10. The van der Waals surface area contributed by atoms with E-state index in [1.807, 2.05) is 0 Å². The fraction of sp³-hybridized carbons (Fsp3) is 0. The lowest BCUT2D eigenvalue weighted by Gasteiger charge is -2.04. The minimum absolute atomic E-state index is 0.0486. The molecule has 0 aliphatic heterocycles. The zero-order valence-electron chi connectivity index (χ0n) is 8.30. The first-order valence-electron chi connectivity index (χ1n) is 4.75. The van der Waals surface area contributed by atoms with Crippen molar-refractivity contribution < 1.29 is 8.78 Å². The molecule has 2 heterocycles. The van der Waals surface area contributed by atoms with Crippen LogP contribution < -0.4 is 5.56 Å². The van der Waals surface area contributed by atoms with Gasteiger partial charge in [0, 0.05) is 12.3 Å². The molecule has 3 nitrogen and oxygen atoms in total. The van der Waals surface area contributed by atoms with E-state index in [1.165, 1.54) is 10.5 Å². The summed E-state index contributed by atoms with van der Waals surface area (Å²) in [5.74, 6) is -1.11. The van der Waals surface area contributed by atoms with E-state index in [0.717, 1.165) is 12.3 Å². The summed E-state index contributed by atoms with van der Waals surface area (Å²) in [6.07, 6.45) is 1.15. The number of halogens is 3. The molecule has 0 radical (unpaired) electrons. The third-order valence-electron chi connectivity index (χ3n) is 2.59. The number of rotatable bonds is 0. The summed E-state index contributed by atoms with van der Waals surface area (Å²) >= 11 is 3.03. The highest BCUT2D eigenvalue weighted by atomic mass is 79.9. The second kappa shape index (κ2) is 3.40. The van der Waals surface area contributed by atoms with Crippen molar-refractivity contribution in [3.63, 3.8) is 0 Å². The molecule has 3 aromatic rings. The standard InChI is InChI=1S/C11H5BrF2N2O/c12-6-1-2-7-10(9(6)14)15-11(17)8-3-5(13)4-16(7)8/h1-4H,(H,15,17). The predicted octanol–water partition coefficient (Wildman–Crippen LogP) is 2.82. The number of nitrogens with one attached hydrogen (secondary N) is 1. The third kappa shape index (κ3) is 1.40. The molecule has 0 amide bonds. The normalized spacial score (nSPS) is 11.5. The second-order valence-corrected chi connectivity index (χ2v) is 4.48. The molecule has 3 rings (SSSR count). The molecule has 1 N–H and O–H groups in total. The number of hydrogen-bond donors (Lipinski definition) is 1. The number of aromatic nitrogens is 2. The average molecular weight is 299 g/mol. The fourth-order valence-corrected chi connectivity index (χ4v) is 2.17. The summed E-state index contributed by atoms with van der Waals surface area (Å²) in [5.41, 5.74) is 0.0757. The van der Waals surface area contributed by atoms with Gasteiger partial charge in [-0.3, -0.25) is 4.79 Å². The molecule has 0 saturated heterocycles. The monoisotopic (exact) mass is 298 g/mol. The van der Waals surface area contributed by atoms with Crippen molar-refractivity contribution in [2.45, 2.75) is 0 Å². The van der Waals surface area contributed by atoms with Crippen LogP contribution in [-0.2, 0) is 0 Å². The van der Waals surface area contributed by atoms with Crippen molar-refractivity contribution in [1.82, 2.24) is 9.38 Å². The maximum absolute atomic E-state index is 13.8. The van der Waals surface area contributed by atoms with Crippen molar-refractivity contribution in [2.24, 2.45) is 0 Å². The highest BCUT2D eigenvalue weighted by Gasteiger charge is 2.12. The summed E-state index contributed by atoms with van der Waals surface area (Å²) < 4.78 is 28.5. The van der Waals surface area contributed by atoms with Crippen LogP contribution >= 0.6 is 15.9 Å². The van der Waals surface area contributed by atoms with Crippen LogP contribution in [0.25, 0.3) is 16.6 Å². The first-order chi connectivity index (χ1) is 8.08. The molecule has 2 aromatic heterocycles. The van der Waals surface area contributed by atoms with Gasteiger partial charge in [-0.25, -0.2) is 8.78 Å². The van der Waals surface area contributed by atoms with Crippen LogP contribution in [0.4, 0.5) is 8.78 Å². The molecule has 0 saturated carbocycles. The summed E-state index contributed by atoms with van der Waals surface area (Å²) in [6, 6.07) is 4.22. The zero-order chi connectivity index (χ0) is 12.2. The van der Waals surface area contributed by atoms with Gasteiger partial charge in [0.25, 0.3) is 5.56 Å². The zero-order valence-corrected chi connectivity index (χ0v) is 9.88. The number of benzene rings is 1. The molecule has 0 aliphatic rings. The Morgan fingerprint density at radius 1 is 1.24 bits per heavy atom. The van der Waals surface area contributed by atoms with E-state index in [9.17, 15) is 13.6 Å². The lowest BCUT2D eigenvalue weighted by atomic mass is 10.3. The van der Waals surface area contributed by atoms with Crippen LogP contribution in [0.3, 0.4) is 0 Å². The Balaban J connectivity index is 2.66. The van der Waals surface area contributed by atoms with E-state index in [-0.39, 0.29) is 15.5 Å². The predicted molar refractivity (Wildman–Crippen MR) is 63.1 cm³/mol. The van der Waals surface area contributed by atoms with Gasteiger partial charge < -0.3 is 9.38 Å². The second-order valence-electron chi connectivity index (χ2n) is 3.62. The van der Waals surface area contributed by atoms with E-state index in [1.54, 1.807) is 6.07 Å². The van der Waals surface area contributed by atoms with Gasteiger partial charge in [0.2, 0.25) is 0 Å². The van der Waals surface area contributed by atoms with Gasteiger partial charge in [0.1, 0.15) is 16.9 Å². The minimum atomic E-state index is -0.574. The molecule has 6 heteroatoms. The Morgan fingerprint density at radius 3 is 2.76 bits per heavy atom. The number of nitrogens with zero attached hydrogens (tertiary/aromatic N) is 1. The van der Waals surface area contributed by atoms with Gasteiger partial charge in [-0.15, -0.1) is 0 Å². The van der Waals surface area contributed by atoms with Gasteiger partial charge in [-0.2, -0.15) is 0 Å². The van der Waals surface area contributed by atoms with Crippen LogP contribution in [0.2, 0.25) is 0 Å². The Morgan fingerprint density at radius 2 is 2.00 bits per heavy atom. The molecular weight excluding hydrogens is 294 g/mol. The smallest absolute Gasteiger partial charge is 0.272 e. The quantitative estimate of drug-likeness (QED) is 0.681. The largest absolute Gasteiger partial charge is 0.316 e. The molecule has 0 atom stereocenters. The van der Waals surface area contributed by atoms with E-state index in [4.69, 9.17) is 0 Å². The number of aromatic amines is 1. The van der Waals surface area contributed by atoms with Gasteiger partial charge in [0.15, 0.2) is 5.82 Å². The van der Waals surface area contributed by atoms with Gasteiger partial charge >= 0.3 is 0 Å². The summed E-state index contributed by atoms with van der Waals surface area (Å²) in [6.45, 7) is 0. The highest BCUT2D eigenvalue weighted by Crippen LogP contribution is 2.23. The van der Waals surface area contributed by atoms with E-state index in [0.29, 0.717) is 5.52 Å². The Labute approximate surface area is 102 Å². The molecular formula is C11H5BrF2N2O. The molecule has 0 spiro atoms. The van der Waals surface area contributed by atoms with Gasteiger partial charge in [-0.05, 0) is 28.1 Å². The van der Waals surface area contributed by atoms with E-state index in [2.05, 4.69) is 20.9 Å². The SMILES string of the molecule is O=c1[nH]c2c(F)c(Br)ccc2n2cc(F)cc12. The lowest BCUT2D eigenvalue weighted by molar-refractivity contribution is 0.627. The average Bonchev–Trinajstić information content (AvgIpc) is 2.67. The molecule has 17 heavy (non-hydrogen) atoms. The fourth-order valence-electron chi connectivity index (χ4n) is 1.84. The van der Waals surface area contributed by atoms with Gasteiger partial charge in [0.05, 0.1) is 9.99 Å². The van der Waals surface area contributed by atoms with Crippen LogP contribution in [0.1, 0.15) is 0 Å². The maximum Gasteiger partial charge on any atom is 0.272 e. The van der Waals surface area contributed by atoms with Crippen molar-refractivity contribution in [1.29, 1.82) is 0 Å². The number of H-pyrrole nitrogens is 1. The molecule has 0 aliphatic carbocycles. The number of hydrogen-bond acceptors (Lipinski definition) is 1. The molecule has 0 unspecified atom stereocenters. The third-order valence-corrected chi connectivity index (χ3v) is 3.20. The van der Waals surface area contributed by atoms with Crippen LogP contribution in [-0.4, -0.2) is 9.38 Å². The van der Waals surface area contributed by atoms with Crippen molar-refractivity contribution in [2.75, 3.05) is 0 Å². The molecule has 0 bridgehead atoms. The summed E-state index contributed by atoms with van der Waals surface area (Å²) in [5, 5.41) is 0. The molecule has 0 fully saturated rings. The Kier molecular flexibility index (Phi) is 2.09. The van der Waals surface area contributed by atoms with Crippen molar-refractivity contribution >= 4 is 32.5 Å². The Bertz CT molecular complexity index is 806. The first kappa shape index (κ1) is 10.5. The molecule has 86 valence electrons. The van der Waals surface area contributed by atoms with Crippen molar-refractivity contribution in [3.05, 3.63) is 50.9 Å². The van der Waals surface area contributed by atoms with Crippen LogP contribution in [0, 0.1) is 11.6 Å². The number of fused-ring (bicyclic) bond motifs is 3. The summed E-state index contributed by atoms with van der Waals surface area (Å²) in [4.78, 5) is 14.1. The van der Waals surface area contributed by atoms with E-state index >= 15 is 0 Å². The minimum Gasteiger partial charge on any atom is -0.316 e. The first-order valence-corrected chi connectivity index (χ1v) is 5.55. The summed E-state index contributed by atoms with van der Waals surface area (Å²) in [7, 11) is 0. The van der Waals surface area contributed by atoms with E-state index < -0.39 is 17.2 Å². The molecule has 1 aromatic carbocycles.